The monoisotopic (exact) mass is 398 g/mol. The fourth-order valence-electron chi connectivity index (χ4n) is 3.10. The highest BCUT2D eigenvalue weighted by atomic mass is 16.5. The Bertz CT molecular complexity index is 1140. The molecule has 1 amide bonds. The topological polar surface area (TPSA) is 79.2 Å². The van der Waals surface area contributed by atoms with E-state index in [0.29, 0.717) is 28.3 Å². The Labute approximate surface area is 173 Å². The van der Waals surface area contributed by atoms with Crippen LogP contribution in [0.2, 0.25) is 0 Å². The zero-order valence-electron chi connectivity index (χ0n) is 15.9. The minimum Gasteiger partial charge on any atom is -0.482 e. The summed E-state index contributed by atoms with van der Waals surface area (Å²) in [5.74, 6) is -0.881. The maximum absolute atomic E-state index is 13.2. The lowest BCUT2D eigenvalue weighted by molar-refractivity contribution is -0.139. The van der Waals surface area contributed by atoms with Crippen LogP contribution in [-0.2, 0) is 9.59 Å². The number of benzene rings is 3. The zero-order chi connectivity index (χ0) is 20.9. The van der Waals surface area contributed by atoms with Crippen LogP contribution in [0.25, 0.3) is 6.08 Å². The van der Waals surface area contributed by atoms with Crippen LogP contribution in [0.4, 0.5) is 5.69 Å². The van der Waals surface area contributed by atoms with Gasteiger partial charge in [-0.3, -0.25) is 4.79 Å². The zero-order valence-corrected chi connectivity index (χ0v) is 15.9. The molecule has 6 nitrogen and oxygen atoms in total. The molecule has 0 bridgehead atoms. The van der Waals surface area contributed by atoms with Crippen molar-refractivity contribution in [2.24, 2.45) is 5.10 Å². The summed E-state index contributed by atoms with van der Waals surface area (Å²) in [6, 6.07) is 25.7. The Morgan fingerprint density at radius 3 is 2.37 bits per heavy atom. The number of nitrogens with zero attached hydrogens (tertiary/aromatic N) is 2. The molecule has 3 aromatic rings. The van der Waals surface area contributed by atoms with Crippen molar-refractivity contribution < 1.29 is 19.4 Å². The predicted molar refractivity (Wildman–Crippen MR) is 114 cm³/mol. The summed E-state index contributed by atoms with van der Waals surface area (Å²) in [5.41, 5.74) is 3.23. The second-order valence-corrected chi connectivity index (χ2v) is 6.58. The first kappa shape index (κ1) is 19.1. The van der Waals surface area contributed by atoms with Crippen molar-refractivity contribution in [1.82, 2.24) is 0 Å². The molecule has 30 heavy (non-hydrogen) atoms. The first-order valence-corrected chi connectivity index (χ1v) is 9.32. The molecule has 0 aromatic heterocycles. The molecule has 148 valence electrons. The number of carboxylic acid groups (broad SMARTS) is 1. The molecule has 1 aliphatic rings. The molecule has 1 N–H and O–H groups in total. The standard InChI is InChI=1S/C24H18N2O4/c27-22(28)16-30-20-13-7-8-17(14-20)15-21-23(18-9-3-1-4-10-18)25-26(24(21)29)19-11-5-2-6-12-19/h1-15H,16H2,(H,27,28)/b21-15+. The van der Waals surface area contributed by atoms with Crippen molar-refractivity contribution in [2.75, 3.05) is 11.6 Å². The predicted octanol–water partition coefficient (Wildman–Crippen LogP) is 3.98. The van der Waals surface area contributed by atoms with Gasteiger partial charge in [0.05, 0.1) is 11.3 Å². The van der Waals surface area contributed by atoms with E-state index in [1.165, 1.54) is 5.01 Å². The van der Waals surface area contributed by atoms with Gasteiger partial charge in [-0.1, -0.05) is 60.7 Å². The smallest absolute Gasteiger partial charge is 0.341 e. The lowest BCUT2D eigenvalue weighted by atomic mass is 10.00. The molecule has 0 unspecified atom stereocenters. The highest BCUT2D eigenvalue weighted by molar-refractivity contribution is 6.37. The van der Waals surface area contributed by atoms with Gasteiger partial charge in [-0.25, -0.2) is 4.79 Å². The average Bonchev–Trinajstić information content (AvgIpc) is 3.10. The lowest BCUT2D eigenvalue weighted by Crippen LogP contribution is -2.21. The normalized spacial score (nSPS) is 14.7. The molecule has 0 atom stereocenters. The van der Waals surface area contributed by atoms with Crippen LogP contribution in [0.5, 0.6) is 5.75 Å². The third-order valence-electron chi connectivity index (χ3n) is 4.46. The summed E-state index contributed by atoms with van der Waals surface area (Å²) in [7, 11) is 0. The number of carbonyl (C=O) groups excluding carboxylic acids is 1. The molecule has 6 heteroatoms. The highest BCUT2D eigenvalue weighted by Crippen LogP contribution is 2.28. The van der Waals surface area contributed by atoms with Gasteiger partial charge in [0.25, 0.3) is 5.91 Å². The number of carboxylic acids is 1. The number of para-hydroxylation sites is 1. The molecule has 0 radical (unpaired) electrons. The summed E-state index contributed by atoms with van der Waals surface area (Å²) in [6.07, 6.45) is 1.74. The minimum absolute atomic E-state index is 0.239. The van der Waals surface area contributed by atoms with E-state index >= 15 is 0 Å². The van der Waals surface area contributed by atoms with E-state index in [-0.39, 0.29) is 5.91 Å². The van der Waals surface area contributed by atoms with Crippen LogP contribution in [0.15, 0.2) is 95.6 Å². The molecule has 0 spiro atoms. The van der Waals surface area contributed by atoms with Crippen molar-refractivity contribution in [3.05, 3.63) is 102 Å². The molecule has 0 saturated carbocycles. The van der Waals surface area contributed by atoms with E-state index in [0.717, 1.165) is 5.56 Å². The Hall–Kier alpha value is -4.19. The van der Waals surface area contributed by atoms with Crippen molar-refractivity contribution >= 4 is 29.4 Å². The van der Waals surface area contributed by atoms with Gasteiger partial charge in [-0.15, -0.1) is 0 Å². The van der Waals surface area contributed by atoms with Gasteiger partial charge in [0.1, 0.15) is 11.5 Å². The van der Waals surface area contributed by atoms with E-state index in [9.17, 15) is 9.59 Å². The maximum Gasteiger partial charge on any atom is 0.341 e. The molecule has 0 fully saturated rings. The van der Waals surface area contributed by atoms with Crippen LogP contribution >= 0.6 is 0 Å². The maximum atomic E-state index is 13.2. The summed E-state index contributed by atoms with van der Waals surface area (Å²) >= 11 is 0. The van der Waals surface area contributed by atoms with Gasteiger partial charge in [0.15, 0.2) is 6.61 Å². The second kappa shape index (κ2) is 8.45. The molecule has 0 saturated heterocycles. The third-order valence-corrected chi connectivity index (χ3v) is 4.46. The number of hydrogen-bond acceptors (Lipinski definition) is 4. The number of carbonyl (C=O) groups is 2. The summed E-state index contributed by atoms with van der Waals surface area (Å²) < 4.78 is 5.25. The Balaban J connectivity index is 1.74. The number of hydrazone groups is 1. The van der Waals surface area contributed by atoms with Crippen LogP contribution in [-0.4, -0.2) is 29.3 Å². The average molecular weight is 398 g/mol. The van der Waals surface area contributed by atoms with Gasteiger partial charge < -0.3 is 9.84 Å². The van der Waals surface area contributed by atoms with Crippen molar-refractivity contribution in [3.8, 4) is 5.75 Å². The van der Waals surface area contributed by atoms with E-state index in [4.69, 9.17) is 9.84 Å². The summed E-state index contributed by atoms with van der Waals surface area (Å²) in [6.45, 7) is -0.433. The van der Waals surface area contributed by atoms with Crippen molar-refractivity contribution in [1.29, 1.82) is 0 Å². The Kier molecular flexibility index (Phi) is 5.39. The third kappa shape index (κ3) is 4.12. The van der Waals surface area contributed by atoms with E-state index in [1.807, 2.05) is 66.7 Å². The number of aliphatic carboxylic acids is 1. The van der Waals surface area contributed by atoms with E-state index < -0.39 is 12.6 Å². The molecule has 0 aliphatic carbocycles. The largest absolute Gasteiger partial charge is 0.482 e. The molecule has 4 rings (SSSR count). The molecular formula is C24H18N2O4. The van der Waals surface area contributed by atoms with Gasteiger partial charge in [0.2, 0.25) is 0 Å². The quantitative estimate of drug-likeness (QED) is 0.637. The van der Waals surface area contributed by atoms with Crippen LogP contribution in [0.3, 0.4) is 0 Å². The van der Waals surface area contributed by atoms with E-state index in [2.05, 4.69) is 5.10 Å². The van der Waals surface area contributed by atoms with Gasteiger partial charge in [-0.05, 0) is 35.9 Å². The molecule has 3 aromatic carbocycles. The fourth-order valence-corrected chi connectivity index (χ4v) is 3.10. The van der Waals surface area contributed by atoms with Crippen molar-refractivity contribution in [3.63, 3.8) is 0 Å². The number of rotatable bonds is 6. The van der Waals surface area contributed by atoms with E-state index in [1.54, 1.807) is 24.3 Å². The number of hydrogen-bond donors (Lipinski definition) is 1. The lowest BCUT2D eigenvalue weighted by Gasteiger charge is -2.11. The first-order valence-electron chi connectivity index (χ1n) is 9.32. The fraction of sp³-hybridized carbons (Fsp3) is 0.0417. The van der Waals surface area contributed by atoms with Crippen molar-refractivity contribution in [2.45, 2.75) is 0 Å². The SMILES string of the molecule is O=C(O)COc1cccc(/C=C2/C(=O)N(c3ccccc3)N=C2c2ccccc2)c1. The highest BCUT2D eigenvalue weighted by Gasteiger charge is 2.31. The van der Waals surface area contributed by atoms with Crippen LogP contribution in [0.1, 0.15) is 11.1 Å². The molecule has 1 aliphatic heterocycles. The molecule has 1 heterocycles. The molecular weight excluding hydrogens is 380 g/mol. The minimum atomic E-state index is -1.05. The van der Waals surface area contributed by atoms with Gasteiger partial charge in [-0.2, -0.15) is 10.1 Å². The Morgan fingerprint density at radius 1 is 0.967 bits per heavy atom. The summed E-state index contributed by atoms with van der Waals surface area (Å²) in [4.78, 5) is 24.0. The van der Waals surface area contributed by atoms with Gasteiger partial charge >= 0.3 is 5.97 Å². The Morgan fingerprint density at radius 2 is 1.67 bits per heavy atom. The first-order chi connectivity index (χ1) is 14.6. The summed E-state index contributed by atoms with van der Waals surface area (Å²) in [5, 5.41) is 14.8. The number of anilines is 1. The van der Waals surface area contributed by atoms with Gasteiger partial charge in [0, 0.05) is 5.56 Å². The second-order valence-electron chi connectivity index (χ2n) is 6.58. The number of amides is 1. The number of ether oxygens (including phenoxy) is 1. The van der Waals surface area contributed by atoms with Crippen LogP contribution in [0, 0.1) is 0 Å². The van der Waals surface area contributed by atoms with Crippen LogP contribution < -0.4 is 9.75 Å².